The summed E-state index contributed by atoms with van der Waals surface area (Å²) >= 11 is 0. The smallest absolute Gasteiger partial charge is 0.0606 e. The number of hydrogen-bond acceptors (Lipinski definition) is 2. The lowest BCUT2D eigenvalue weighted by atomic mass is 9.83. The number of aryl methyl sites for hydroxylation is 2. The number of pyridine rings is 1. The number of nitrogens with zero attached hydrogens (tertiary/aromatic N) is 1. The summed E-state index contributed by atoms with van der Waals surface area (Å²) in [5.74, 6) is 0.837. The fraction of sp³-hybridized carbons (Fsp3) is 0.667. The third-order valence-corrected chi connectivity index (χ3v) is 4.00. The van der Waals surface area contributed by atoms with Crippen molar-refractivity contribution >= 4 is 5.69 Å². The fourth-order valence-corrected chi connectivity index (χ4v) is 2.93. The molecule has 2 heteroatoms. The van der Waals surface area contributed by atoms with Crippen LogP contribution in [0.15, 0.2) is 12.1 Å². The Kier molecular flexibility index (Phi) is 4.03. The van der Waals surface area contributed by atoms with Gasteiger partial charge >= 0.3 is 0 Å². The standard InChI is InChI=1S/C15H24N2/c1-4-13-7-5-6-8-15(13)17-14-10-9-11(2)16-12(14)3/h9-10,13,15,17H,4-8H2,1-3H3. The predicted octanol–water partition coefficient (Wildman–Crippen LogP) is 4.08. The highest BCUT2D eigenvalue weighted by molar-refractivity contribution is 5.48. The molecule has 1 saturated carbocycles. The Labute approximate surface area is 105 Å². The molecule has 0 amide bonds. The van der Waals surface area contributed by atoms with Gasteiger partial charge in [0, 0.05) is 11.7 Å². The van der Waals surface area contributed by atoms with Crippen molar-refractivity contribution in [1.82, 2.24) is 4.98 Å². The van der Waals surface area contributed by atoms with Crippen LogP contribution in [0.3, 0.4) is 0 Å². The summed E-state index contributed by atoms with van der Waals surface area (Å²) in [6.45, 7) is 6.45. The lowest BCUT2D eigenvalue weighted by Crippen LogP contribution is -2.32. The Balaban J connectivity index is 2.08. The lowest BCUT2D eigenvalue weighted by molar-refractivity contribution is 0.317. The van der Waals surface area contributed by atoms with Gasteiger partial charge < -0.3 is 5.32 Å². The first-order chi connectivity index (χ1) is 8.20. The van der Waals surface area contributed by atoms with Gasteiger partial charge in [-0.1, -0.05) is 26.2 Å². The largest absolute Gasteiger partial charge is 0.381 e. The molecule has 0 saturated heterocycles. The maximum absolute atomic E-state index is 4.53. The summed E-state index contributed by atoms with van der Waals surface area (Å²) in [6, 6.07) is 4.93. The van der Waals surface area contributed by atoms with E-state index in [4.69, 9.17) is 0 Å². The molecule has 1 N–H and O–H groups in total. The van der Waals surface area contributed by atoms with Crippen LogP contribution >= 0.6 is 0 Å². The quantitative estimate of drug-likeness (QED) is 0.849. The molecule has 2 rings (SSSR count). The van der Waals surface area contributed by atoms with Crippen LogP contribution in [0, 0.1) is 19.8 Å². The van der Waals surface area contributed by atoms with Crippen molar-refractivity contribution in [3.05, 3.63) is 23.5 Å². The number of nitrogens with one attached hydrogen (secondary N) is 1. The first-order valence-electron chi connectivity index (χ1n) is 6.91. The fourth-order valence-electron chi connectivity index (χ4n) is 2.93. The maximum Gasteiger partial charge on any atom is 0.0606 e. The molecule has 1 fully saturated rings. The summed E-state index contributed by atoms with van der Waals surface area (Å²) in [6.07, 6.45) is 6.75. The molecule has 1 aromatic rings. The molecule has 2 unspecified atom stereocenters. The van der Waals surface area contributed by atoms with Gasteiger partial charge in [-0.25, -0.2) is 0 Å². The Morgan fingerprint density at radius 3 is 2.71 bits per heavy atom. The van der Waals surface area contributed by atoms with Gasteiger partial charge in [0.05, 0.1) is 11.4 Å². The molecule has 17 heavy (non-hydrogen) atoms. The molecule has 1 heterocycles. The average Bonchev–Trinajstić information content (AvgIpc) is 2.33. The van der Waals surface area contributed by atoms with E-state index in [1.54, 1.807) is 0 Å². The summed E-state index contributed by atoms with van der Waals surface area (Å²) in [7, 11) is 0. The van der Waals surface area contributed by atoms with Crippen molar-refractivity contribution in [3.8, 4) is 0 Å². The molecule has 1 aliphatic rings. The molecule has 0 spiro atoms. The molecule has 1 aliphatic carbocycles. The molecular formula is C15H24N2. The minimum absolute atomic E-state index is 0.650. The van der Waals surface area contributed by atoms with Gasteiger partial charge in [-0.2, -0.15) is 0 Å². The molecule has 0 radical (unpaired) electrons. The van der Waals surface area contributed by atoms with Crippen LogP contribution in [0.1, 0.15) is 50.4 Å². The number of hydrogen-bond donors (Lipinski definition) is 1. The zero-order valence-corrected chi connectivity index (χ0v) is 11.3. The van der Waals surface area contributed by atoms with Crippen LogP contribution in [0.4, 0.5) is 5.69 Å². The van der Waals surface area contributed by atoms with E-state index in [9.17, 15) is 0 Å². The predicted molar refractivity (Wildman–Crippen MR) is 73.4 cm³/mol. The molecule has 0 aliphatic heterocycles. The minimum Gasteiger partial charge on any atom is -0.381 e. The SMILES string of the molecule is CCC1CCCCC1Nc1ccc(C)nc1C. The van der Waals surface area contributed by atoms with Gasteiger partial charge in [0.15, 0.2) is 0 Å². The Bertz CT molecular complexity index is 373. The molecule has 2 atom stereocenters. The summed E-state index contributed by atoms with van der Waals surface area (Å²) in [5.41, 5.74) is 3.45. The van der Waals surface area contributed by atoms with Crippen molar-refractivity contribution in [1.29, 1.82) is 0 Å². The second kappa shape index (κ2) is 5.52. The van der Waals surface area contributed by atoms with Gasteiger partial charge in [-0.05, 0) is 44.7 Å². The van der Waals surface area contributed by atoms with Crippen LogP contribution in [0.25, 0.3) is 0 Å². The van der Waals surface area contributed by atoms with E-state index in [1.165, 1.54) is 37.8 Å². The monoisotopic (exact) mass is 232 g/mol. The van der Waals surface area contributed by atoms with Gasteiger partial charge in [0.25, 0.3) is 0 Å². The first-order valence-corrected chi connectivity index (χ1v) is 6.91. The molecule has 0 bridgehead atoms. The van der Waals surface area contributed by atoms with Crippen molar-refractivity contribution < 1.29 is 0 Å². The van der Waals surface area contributed by atoms with Gasteiger partial charge in [0.1, 0.15) is 0 Å². The minimum atomic E-state index is 0.650. The molecule has 2 nitrogen and oxygen atoms in total. The molecule has 0 aromatic carbocycles. The van der Waals surface area contributed by atoms with E-state index in [2.05, 4.69) is 36.3 Å². The van der Waals surface area contributed by atoms with Crippen LogP contribution < -0.4 is 5.32 Å². The van der Waals surface area contributed by atoms with Crippen LogP contribution in [-0.2, 0) is 0 Å². The lowest BCUT2D eigenvalue weighted by Gasteiger charge is -2.32. The van der Waals surface area contributed by atoms with Crippen LogP contribution in [0.2, 0.25) is 0 Å². The van der Waals surface area contributed by atoms with Crippen molar-refractivity contribution in [3.63, 3.8) is 0 Å². The second-order valence-corrected chi connectivity index (χ2v) is 5.29. The van der Waals surface area contributed by atoms with Gasteiger partial charge in [0.2, 0.25) is 0 Å². The van der Waals surface area contributed by atoms with Crippen LogP contribution in [-0.4, -0.2) is 11.0 Å². The number of aromatic nitrogens is 1. The normalized spacial score (nSPS) is 24.6. The number of rotatable bonds is 3. The Hall–Kier alpha value is -1.05. The topological polar surface area (TPSA) is 24.9 Å². The van der Waals surface area contributed by atoms with Crippen molar-refractivity contribution in [2.45, 2.75) is 58.9 Å². The van der Waals surface area contributed by atoms with E-state index in [0.29, 0.717) is 6.04 Å². The van der Waals surface area contributed by atoms with Gasteiger partial charge in [-0.3, -0.25) is 4.98 Å². The summed E-state index contributed by atoms with van der Waals surface area (Å²) in [5, 5.41) is 3.71. The third-order valence-electron chi connectivity index (χ3n) is 4.00. The van der Waals surface area contributed by atoms with E-state index in [-0.39, 0.29) is 0 Å². The highest BCUT2D eigenvalue weighted by atomic mass is 14.9. The summed E-state index contributed by atoms with van der Waals surface area (Å²) < 4.78 is 0. The van der Waals surface area contributed by atoms with E-state index < -0.39 is 0 Å². The molecule has 94 valence electrons. The van der Waals surface area contributed by atoms with Crippen LogP contribution in [0.5, 0.6) is 0 Å². The zero-order chi connectivity index (χ0) is 12.3. The van der Waals surface area contributed by atoms with Gasteiger partial charge in [-0.15, -0.1) is 0 Å². The third kappa shape index (κ3) is 2.99. The van der Waals surface area contributed by atoms with Crippen molar-refractivity contribution in [2.75, 3.05) is 5.32 Å². The first kappa shape index (κ1) is 12.4. The summed E-state index contributed by atoms with van der Waals surface area (Å²) in [4.78, 5) is 4.53. The van der Waals surface area contributed by atoms with E-state index in [0.717, 1.165) is 17.3 Å². The number of anilines is 1. The van der Waals surface area contributed by atoms with Crippen molar-refractivity contribution in [2.24, 2.45) is 5.92 Å². The Morgan fingerprint density at radius 1 is 1.24 bits per heavy atom. The maximum atomic E-state index is 4.53. The zero-order valence-electron chi connectivity index (χ0n) is 11.3. The average molecular weight is 232 g/mol. The van der Waals surface area contributed by atoms with E-state index >= 15 is 0 Å². The molecule has 1 aromatic heterocycles. The second-order valence-electron chi connectivity index (χ2n) is 5.29. The Morgan fingerprint density at radius 2 is 2.00 bits per heavy atom. The molecular weight excluding hydrogens is 208 g/mol. The van der Waals surface area contributed by atoms with E-state index in [1.807, 2.05) is 6.92 Å². The highest BCUT2D eigenvalue weighted by Gasteiger charge is 2.23. The highest BCUT2D eigenvalue weighted by Crippen LogP contribution is 2.29.